The molecule has 0 aliphatic carbocycles. The molecule has 10 nitrogen and oxygen atoms in total. The van der Waals surface area contributed by atoms with E-state index in [1.165, 1.54) is 0 Å². The lowest BCUT2D eigenvalue weighted by Crippen LogP contribution is -2.36. The van der Waals surface area contributed by atoms with Crippen molar-refractivity contribution in [3.63, 3.8) is 0 Å². The second kappa shape index (κ2) is 19.1. The fourth-order valence-corrected chi connectivity index (χ4v) is 4.40. The van der Waals surface area contributed by atoms with Gasteiger partial charge in [0.25, 0.3) is 0 Å². The summed E-state index contributed by atoms with van der Waals surface area (Å²) in [5.41, 5.74) is 1.83. The molecule has 3 atom stereocenters. The molecule has 42 heavy (non-hydrogen) atoms. The topological polar surface area (TPSA) is 124 Å². The summed E-state index contributed by atoms with van der Waals surface area (Å²) in [6, 6.07) is 14.1. The third-order valence-corrected chi connectivity index (χ3v) is 6.45. The number of ether oxygens (including phenoxy) is 4. The summed E-state index contributed by atoms with van der Waals surface area (Å²) >= 11 is 0. The molecule has 2 rings (SSSR count). The molecular formula is C32H52N2O8. The Kier molecular flexibility index (Phi) is 16.3. The molecule has 0 aliphatic heterocycles. The molecule has 0 heterocycles. The van der Waals surface area contributed by atoms with Gasteiger partial charge in [0.2, 0.25) is 0 Å². The molecule has 0 saturated carbocycles. The lowest BCUT2D eigenvalue weighted by atomic mass is 9.96. The fourth-order valence-electron chi connectivity index (χ4n) is 4.40. The molecule has 238 valence electrons. The minimum absolute atomic E-state index is 0.159. The normalized spacial score (nSPS) is 14.4. The van der Waals surface area contributed by atoms with Crippen LogP contribution >= 0.6 is 0 Å². The molecule has 0 radical (unpaired) electrons. The standard InChI is InChI=1S/C32H52N2O8/c1-6-39-21-31(42-20-30(38)18-34(5)16-26-9-13-28(36)14-10-26)22-41-24-32(2,3)23-40-19-29(37)17-33(4)15-25-7-11-27(35)12-8-25/h7-14,29-31,35-38H,6,15-24H2,1-5H3. The Bertz CT molecular complexity index is 973. The van der Waals surface area contributed by atoms with E-state index >= 15 is 0 Å². The van der Waals surface area contributed by atoms with E-state index in [0.717, 1.165) is 11.1 Å². The van der Waals surface area contributed by atoms with Gasteiger partial charge in [-0.2, -0.15) is 0 Å². The summed E-state index contributed by atoms with van der Waals surface area (Å²) in [7, 11) is 3.86. The predicted octanol–water partition coefficient (Wildman–Crippen LogP) is 2.86. The van der Waals surface area contributed by atoms with E-state index in [4.69, 9.17) is 18.9 Å². The maximum absolute atomic E-state index is 10.5. The van der Waals surface area contributed by atoms with Crippen LogP contribution in [-0.4, -0.2) is 122 Å². The van der Waals surface area contributed by atoms with E-state index in [1.807, 2.05) is 68.9 Å². The van der Waals surface area contributed by atoms with Crippen LogP contribution in [0.4, 0.5) is 0 Å². The first-order valence-electron chi connectivity index (χ1n) is 14.6. The van der Waals surface area contributed by atoms with Gasteiger partial charge in [0, 0.05) is 38.2 Å². The zero-order chi connectivity index (χ0) is 31.0. The Morgan fingerprint density at radius 2 is 1.10 bits per heavy atom. The van der Waals surface area contributed by atoms with Crippen LogP contribution in [0.1, 0.15) is 31.9 Å². The molecule has 0 bridgehead atoms. The van der Waals surface area contributed by atoms with E-state index < -0.39 is 12.2 Å². The van der Waals surface area contributed by atoms with Crippen molar-refractivity contribution >= 4 is 0 Å². The smallest absolute Gasteiger partial charge is 0.115 e. The van der Waals surface area contributed by atoms with Crippen LogP contribution in [0.5, 0.6) is 11.5 Å². The number of aromatic hydroxyl groups is 2. The van der Waals surface area contributed by atoms with E-state index in [-0.39, 0.29) is 36.2 Å². The van der Waals surface area contributed by atoms with Gasteiger partial charge in [-0.1, -0.05) is 38.1 Å². The minimum atomic E-state index is -0.673. The van der Waals surface area contributed by atoms with Crippen LogP contribution in [0.3, 0.4) is 0 Å². The summed E-state index contributed by atoms with van der Waals surface area (Å²) in [6.07, 6.45) is -1.61. The van der Waals surface area contributed by atoms with Crippen molar-refractivity contribution in [2.75, 3.05) is 73.4 Å². The zero-order valence-corrected chi connectivity index (χ0v) is 25.9. The first kappa shape index (κ1) is 35.9. The monoisotopic (exact) mass is 592 g/mol. The zero-order valence-electron chi connectivity index (χ0n) is 25.9. The van der Waals surface area contributed by atoms with Crippen molar-refractivity contribution in [3.05, 3.63) is 59.7 Å². The Balaban J connectivity index is 1.65. The van der Waals surface area contributed by atoms with Crippen LogP contribution in [0.15, 0.2) is 48.5 Å². The molecule has 2 aromatic carbocycles. The van der Waals surface area contributed by atoms with Crippen molar-refractivity contribution in [3.8, 4) is 11.5 Å². The molecule has 2 aromatic rings. The SMILES string of the molecule is CCOCC(COCC(C)(C)COCC(O)CN(C)Cc1ccc(O)cc1)OCC(O)CN(C)Cc1ccc(O)cc1. The number of aliphatic hydroxyl groups excluding tert-OH is 2. The molecule has 0 spiro atoms. The molecule has 4 N–H and O–H groups in total. The molecule has 0 fully saturated rings. The van der Waals surface area contributed by atoms with Gasteiger partial charge in [-0.25, -0.2) is 0 Å². The summed E-state index contributed by atoms with van der Waals surface area (Å²) in [5, 5.41) is 39.8. The molecule has 3 unspecified atom stereocenters. The van der Waals surface area contributed by atoms with Gasteiger partial charge in [-0.15, -0.1) is 0 Å². The van der Waals surface area contributed by atoms with Gasteiger partial charge in [0.05, 0.1) is 51.8 Å². The largest absolute Gasteiger partial charge is 0.508 e. The molecule has 10 heteroatoms. The van der Waals surface area contributed by atoms with Crippen LogP contribution in [0.25, 0.3) is 0 Å². The Labute approximate surface area is 251 Å². The Morgan fingerprint density at radius 3 is 1.57 bits per heavy atom. The van der Waals surface area contributed by atoms with Crippen LogP contribution in [0, 0.1) is 5.41 Å². The first-order chi connectivity index (χ1) is 20.0. The van der Waals surface area contributed by atoms with Gasteiger partial charge in [-0.3, -0.25) is 9.80 Å². The Hall–Kier alpha value is -2.28. The number of hydrogen-bond acceptors (Lipinski definition) is 10. The van der Waals surface area contributed by atoms with Crippen molar-refractivity contribution in [1.29, 1.82) is 0 Å². The van der Waals surface area contributed by atoms with Crippen LogP contribution < -0.4 is 0 Å². The third-order valence-electron chi connectivity index (χ3n) is 6.45. The van der Waals surface area contributed by atoms with Gasteiger partial charge in [0.15, 0.2) is 0 Å². The molecule has 0 amide bonds. The number of likely N-dealkylation sites (N-methyl/N-ethyl adjacent to an activating group) is 2. The lowest BCUT2D eigenvalue weighted by molar-refractivity contribution is -0.0975. The number of phenolic OH excluding ortho intramolecular Hbond substituents is 2. The number of hydrogen-bond donors (Lipinski definition) is 4. The summed E-state index contributed by atoms with van der Waals surface area (Å²) in [4.78, 5) is 4.01. The Morgan fingerprint density at radius 1 is 0.667 bits per heavy atom. The van der Waals surface area contributed by atoms with Crippen LogP contribution in [0.2, 0.25) is 0 Å². The second-order valence-electron chi connectivity index (χ2n) is 11.8. The number of benzene rings is 2. The predicted molar refractivity (Wildman–Crippen MR) is 163 cm³/mol. The average Bonchev–Trinajstić information content (AvgIpc) is 2.92. The first-order valence-corrected chi connectivity index (χ1v) is 14.6. The summed E-state index contributed by atoms with van der Waals surface area (Å²) in [6.45, 7) is 10.7. The van der Waals surface area contributed by atoms with Crippen molar-refractivity contribution in [2.45, 2.75) is 52.2 Å². The van der Waals surface area contributed by atoms with Gasteiger partial charge >= 0.3 is 0 Å². The number of nitrogens with zero attached hydrogens (tertiary/aromatic N) is 2. The highest BCUT2D eigenvalue weighted by atomic mass is 16.6. The van der Waals surface area contributed by atoms with E-state index in [2.05, 4.69) is 0 Å². The maximum Gasteiger partial charge on any atom is 0.115 e. The maximum atomic E-state index is 10.5. The van der Waals surface area contributed by atoms with E-state index in [1.54, 1.807) is 24.3 Å². The van der Waals surface area contributed by atoms with E-state index in [9.17, 15) is 20.4 Å². The summed E-state index contributed by atoms with van der Waals surface area (Å²) in [5.74, 6) is 0.467. The number of aliphatic hydroxyl groups is 2. The molecule has 0 aliphatic rings. The van der Waals surface area contributed by atoms with Gasteiger partial charge < -0.3 is 39.4 Å². The number of phenols is 2. The van der Waals surface area contributed by atoms with Gasteiger partial charge in [0.1, 0.15) is 17.6 Å². The third kappa shape index (κ3) is 15.8. The average molecular weight is 593 g/mol. The van der Waals surface area contributed by atoms with Gasteiger partial charge in [-0.05, 0) is 56.4 Å². The highest BCUT2D eigenvalue weighted by molar-refractivity contribution is 5.26. The molecule has 0 aromatic heterocycles. The highest BCUT2D eigenvalue weighted by Gasteiger charge is 2.22. The highest BCUT2D eigenvalue weighted by Crippen LogP contribution is 2.17. The second-order valence-corrected chi connectivity index (χ2v) is 11.8. The van der Waals surface area contributed by atoms with E-state index in [0.29, 0.717) is 59.2 Å². The minimum Gasteiger partial charge on any atom is -0.508 e. The molecular weight excluding hydrogens is 540 g/mol. The molecule has 0 saturated heterocycles. The summed E-state index contributed by atoms with van der Waals surface area (Å²) < 4.78 is 23.3. The lowest BCUT2D eigenvalue weighted by Gasteiger charge is -2.27. The van der Waals surface area contributed by atoms with Crippen molar-refractivity contribution in [2.24, 2.45) is 5.41 Å². The number of rotatable bonds is 22. The van der Waals surface area contributed by atoms with Crippen molar-refractivity contribution in [1.82, 2.24) is 9.80 Å². The van der Waals surface area contributed by atoms with Crippen molar-refractivity contribution < 1.29 is 39.4 Å². The quantitative estimate of drug-likeness (QED) is 0.162. The van der Waals surface area contributed by atoms with Crippen LogP contribution in [-0.2, 0) is 32.0 Å². The fraction of sp³-hybridized carbons (Fsp3) is 0.625.